The summed E-state index contributed by atoms with van der Waals surface area (Å²) in [5.41, 5.74) is 2.12. The zero-order valence-electron chi connectivity index (χ0n) is 9.95. The molecule has 0 aromatic heterocycles. The molecule has 0 saturated carbocycles. The van der Waals surface area contributed by atoms with Crippen LogP contribution in [0.15, 0.2) is 29.3 Å². The lowest BCUT2D eigenvalue weighted by Crippen LogP contribution is -2.11. The number of nitrogens with zero attached hydrogens (tertiary/aromatic N) is 2. The Morgan fingerprint density at radius 2 is 2.00 bits per heavy atom. The van der Waals surface area contributed by atoms with Crippen molar-refractivity contribution >= 4 is 11.5 Å². The van der Waals surface area contributed by atoms with Crippen LogP contribution in [0.1, 0.15) is 31.2 Å². The van der Waals surface area contributed by atoms with Gasteiger partial charge < -0.3 is 5.32 Å². The first kappa shape index (κ1) is 11.7. The molecule has 0 unspecified atom stereocenters. The SMILES string of the molecule is N#CCc1ccc(NC2=NCCCCC2)cc1. The third kappa shape index (κ3) is 3.60. The molecule has 1 N–H and O–H groups in total. The number of hydrogen-bond donors (Lipinski definition) is 1. The van der Waals surface area contributed by atoms with E-state index in [9.17, 15) is 0 Å². The number of rotatable bonds is 2. The number of nitrogens with one attached hydrogen (secondary N) is 1. The van der Waals surface area contributed by atoms with Crippen LogP contribution in [0.3, 0.4) is 0 Å². The van der Waals surface area contributed by atoms with Gasteiger partial charge in [0.15, 0.2) is 0 Å². The van der Waals surface area contributed by atoms with Gasteiger partial charge in [-0.3, -0.25) is 4.99 Å². The minimum atomic E-state index is 0.473. The molecule has 88 valence electrons. The van der Waals surface area contributed by atoms with Crippen molar-refractivity contribution in [2.45, 2.75) is 32.1 Å². The van der Waals surface area contributed by atoms with Crippen molar-refractivity contribution < 1.29 is 0 Å². The van der Waals surface area contributed by atoms with E-state index in [0.717, 1.165) is 30.1 Å². The van der Waals surface area contributed by atoms with Crippen LogP contribution < -0.4 is 5.32 Å². The Hall–Kier alpha value is -1.82. The van der Waals surface area contributed by atoms with Crippen molar-refractivity contribution in [3.63, 3.8) is 0 Å². The quantitative estimate of drug-likeness (QED) is 0.843. The molecule has 1 aliphatic rings. The molecular formula is C14H17N3. The standard InChI is InChI=1S/C14H17N3/c15-10-9-12-5-7-13(8-6-12)17-14-4-2-1-3-11-16-14/h5-8H,1-4,9,11H2,(H,16,17). The van der Waals surface area contributed by atoms with E-state index >= 15 is 0 Å². The molecule has 0 saturated heterocycles. The lowest BCUT2D eigenvalue weighted by molar-refractivity contribution is 0.731. The minimum Gasteiger partial charge on any atom is -0.344 e. The van der Waals surface area contributed by atoms with Gasteiger partial charge in [0, 0.05) is 18.7 Å². The summed E-state index contributed by atoms with van der Waals surface area (Å²) in [5.74, 6) is 1.09. The molecule has 0 aliphatic carbocycles. The first-order valence-corrected chi connectivity index (χ1v) is 6.15. The van der Waals surface area contributed by atoms with Crippen LogP contribution in [0.5, 0.6) is 0 Å². The topological polar surface area (TPSA) is 48.2 Å². The van der Waals surface area contributed by atoms with Crippen molar-refractivity contribution in [1.29, 1.82) is 5.26 Å². The molecule has 17 heavy (non-hydrogen) atoms. The predicted octanol–water partition coefficient (Wildman–Crippen LogP) is 3.14. The van der Waals surface area contributed by atoms with Crippen molar-refractivity contribution in [2.24, 2.45) is 4.99 Å². The van der Waals surface area contributed by atoms with Gasteiger partial charge in [-0.25, -0.2) is 0 Å². The average molecular weight is 227 g/mol. The Kier molecular flexibility index (Phi) is 4.15. The van der Waals surface area contributed by atoms with E-state index in [1.165, 1.54) is 19.3 Å². The van der Waals surface area contributed by atoms with Gasteiger partial charge in [0.1, 0.15) is 5.84 Å². The van der Waals surface area contributed by atoms with E-state index in [0.29, 0.717) is 6.42 Å². The van der Waals surface area contributed by atoms with Gasteiger partial charge in [0.2, 0.25) is 0 Å². The largest absolute Gasteiger partial charge is 0.344 e. The number of amidine groups is 1. The molecular weight excluding hydrogens is 210 g/mol. The fourth-order valence-corrected chi connectivity index (χ4v) is 1.94. The Labute approximate surface area is 102 Å². The Morgan fingerprint density at radius 1 is 1.18 bits per heavy atom. The van der Waals surface area contributed by atoms with Crippen LogP contribution in [0.2, 0.25) is 0 Å². The molecule has 1 aliphatic heterocycles. The summed E-state index contributed by atoms with van der Waals surface area (Å²) in [7, 11) is 0. The second-order valence-electron chi connectivity index (χ2n) is 4.30. The third-order valence-electron chi connectivity index (χ3n) is 2.90. The first-order valence-electron chi connectivity index (χ1n) is 6.15. The molecule has 0 atom stereocenters. The molecule has 3 heteroatoms. The predicted molar refractivity (Wildman–Crippen MR) is 70.2 cm³/mol. The second kappa shape index (κ2) is 6.05. The number of benzene rings is 1. The molecule has 1 heterocycles. The van der Waals surface area contributed by atoms with Crippen LogP contribution in [-0.2, 0) is 6.42 Å². The Morgan fingerprint density at radius 3 is 2.76 bits per heavy atom. The highest BCUT2D eigenvalue weighted by molar-refractivity contribution is 5.95. The molecule has 0 radical (unpaired) electrons. The zero-order chi connectivity index (χ0) is 11.9. The summed E-state index contributed by atoms with van der Waals surface area (Å²) in [6.07, 6.45) is 5.21. The van der Waals surface area contributed by atoms with Gasteiger partial charge in [0.05, 0.1) is 12.5 Å². The molecule has 0 spiro atoms. The number of anilines is 1. The lowest BCUT2D eigenvalue weighted by Gasteiger charge is -2.08. The van der Waals surface area contributed by atoms with E-state index in [4.69, 9.17) is 5.26 Å². The fourth-order valence-electron chi connectivity index (χ4n) is 1.94. The molecule has 0 amide bonds. The van der Waals surface area contributed by atoms with Crippen molar-refractivity contribution in [3.05, 3.63) is 29.8 Å². The smallest absolute Gasteiger partial charge is 0.101 e. The second-order valence-corrected chi connectivity index (χ2v) is 4.30. The lowest BCUT2D eigenvalue weighted by atomic mass is 10.1. The summed E-state index contributed by atoms with van der Waals surface area (Å²) in [4.78, 5) is 4.53. The summed E-state index contributed by atoms with van der Waals surface area (Å²) in [5, 5.41) is 12.0. The van der Waals surface area contributed by atoms with Crippen LogP contribution in [0.25, 0.3) is 0 Å². The summed E-state index contributed by atoms with van der Waals surface area (Å²) < 4.78 is 0. The van der Waals surface area contributed by atoms with Crippen LogP contribution in [0.4, 0.5) is 5.69 Å². The average Bonchev–Trinajstić information content (AvgIpc) is 2.61. The maximum Gasteiger partial charge on any atom is 0.101 e. The molecule has 1 aromatic carbocycles. The third-order valence-corrected chi connectivity index (χ3v) is 2.90. The summed E-state index contributed by atoms with van der Waals surface area (Å²) >= 11 is 0. The zero-order valence-corrected chi connectivity index (χ0v) is 9.95. The molecule has 3 nitrogen and oxygen atoms in total. The highest BCUT2D eigenvalue weighted by Gasteiger charge is 2.04. The van der Waals surface area contributed by atoms with E-state index in [1.54, 1.807) is 0 Å². The monoisotopic (exact) mass is 227 g/mol. The van der Waals surface area contributed by atoms with Gasteiger partial charge in [-0.15, -0.1) is 0 Å². The number of nitriles is 1. The molecule has 2 rings (SSSR count). The maximum atomic E-state index is 8.60. The van der Waals surface area contributed by atoms with Gasteiger partial charge in [-0.05, 0) is 30.5 Å². The van der Waals surface area contributed by atoms with E-state index < -0.39 is 0 Å². The van der Waals surface area contributed by atoms with E-state index in [-0.39, 0.29) is 0 Å². The molecule has 0 fully saturated rings. The van der Waals surface area contributed by atoms with Crippen molar-refractivity contribution in [2.75, 3.05) is 11.9 Å². The summed E-state index contributed by atoms with van der Waals surface area (Å²) in [6.45, 7) is 0.939. The van der Waals surface area contributed by atoms with Gasteiger partial charge in [-0.2, -0.15) is 5.26 Å². The van der Waals surface area contributed by atoms with Gasteiger partial charge in [0.25, 0.3) is 0 Å². The van der Waals surface area contributed by atoms with Gasteiger partial charge in [-0.1, -0.05) is 18.6 Å². The Bertz CT molecular complexity index is 426. The molecule has 0 bridgehead atoms. The fraction of sp³-hybridized carbons (Fsp3) is 0.429. The van der Waals surface area contributed by atoms with E-state index in [1.807, 2.05) is 24.3 Å². The highest BCUT2D eigenvalue weighted by Crippen LogP contribution is 2.13. The van der Waals surface area contributed by atoms with Crippen LogP contribution in [0, 0.1) is 11.3 Å². The van der Waals surface area contributed by atoms with Crippen LogP contribution in [-0.4, -0.2) is 12.4 Å². The van der Waals surface area contributed by atoms with Gasteiger partial charge >= 0.3 is 0 Å². The number of aliphatic imine (C=N–C) groups is 1. The Balaban J connectivity index is 1.98. The van der Waals surface area contributed by atoms with Crippen molar-refractivity contribution in [1.82, 2.24) is 0 Å². The molecule has 1 aromatic rings. The van der Waals surface area contributed by atoms with Crippen LogP contribution >= 0.6 is 0 Å². The first-order chi connectivity index (χ1) is 8.38. The normalized spacial score (nSPS) is 15.6. The number of hydrogen-bond acceptors (Lipinski definition) is 3. The van der Waals surface area contributed by atoms with E-state index in [2.05, 4.69) is 16.4 Å². The minimum absolute atomic E-state index is 0.473. The summed E-state index contributed by atoms with van der Waals surface area (Å²) in [6, 6.07) is 10.2. The highest BCUT2D eigenvalue weighted by atomic mass is 15.0. The van der Waals surface area contributed by atoms with Crippen molar-refractivity contribution in [3.8, 4) is 6.07 Å². The maximum absolute atomic E-state index is 8.60.